The van der Waals surface area contributed by atoms with Crippen LogP contribution in [0.3, 0.4) is 0 Å². The average molecular weight is 494 g/mol. The molecule has 0 fully saturated rings. The lowest BCUT2D eigenvalue weighted by Gasteiger charge is -2.36. The number of carbonyl (C=O) groups is 2. The minimum absolute atomic E-state index is 0.0841. The third-order valence-electron chi connectivity index (χ3n) is 5.43. The molecule has 0 spiro atoms. The molecule has 174 valence electrons. The van der Waals surface area contributed by atoms with Gasteiger partial charge in [-0.2, -0.15) is 0 Å². The van der Waals surface area contributed by atoms with E-state index < -0.39 is 12.0 Å². The van der Waals surface area contributed by atoms with Crippen LogP contribution >= 0.6 is 23.4 Å². The van der Waals surface area contributed by atoms with E-state index in [0.717, 1.165) is 16.8 Å². The Labute approximate surface area is 208 Å². The Bertz CT molecular complexity index is 1210. The number of rotatable bonds is 8. The summed E-state index contributed by atoms with van der Waals surface area (Å²) in [6.07, 6.45) is 1.65. The molecule has 0 saturated heterocycles. The SMILES string of the molecule is C=CCOC(=O)C1=C(C)N=C2SC=C(CC(=O)NCc3ccccc3)N2[C@H]1c1ccccc1Cl. The molecular weight excluding hydrogens is 470 g/mol. The number of benzene rings is 2. The van der Waals surface area contributed by atoms with Crippen LogP contribution < -0.4 is 5.32 Å². The summed E-state index contributed by atoms with van der Waals surface area (Å²) in [5.74, 6) is -0.619. The molecule has 1 atom stereocenters. The van der Waals surface area contributed by atoms with Crippen molar-refractivity contribution in [1.82, 2.24) is 10.2 Å². The van der Waals surface area contributed by atoms with E-state index in [0.29, 0.717) is 28.0 Å². The zero-order valence-electron chi connectivity index (χ0n) is 18.7. The van der Waals surface area contributed by atoms with Gasteiger partial charge in [0.25, 0.3) is 0 Å². The molecule has 2 aromatic rings. The van der Waals surface area contributed by atoms with Crippen LogP contribution in [0, 0.1) is 0 Å². The minimum Gasteiger partial charge on any atom is -0.458 e. The number of hydrogen-bond donors (Lipinski definition) is 1. The van der Waals surface area contributed by atoms with E-state index in [-0.39, 0.29) is 18.9 Å². The Morgan fingerprint density at radius 3 is 2.68 bits per heavy atom. The summed E-state index contributed by atoms with van der Waals surface area (Å²) in [6.45, 7) is 5.92. The van der Waals surface area contributed by atoms with Crippen molar-refractivity contribution in [3.63, 3.8) is 0 Å². The molecule has 34 heavy (non-hydrogen) atoms. The number of nitrogens with one attached hydrogen (secondary N) is 1. The smallest absolute Gasteiger partial charge is 0.338 e. The molecule has 0 aliphatic carbocycles. The third kappa shape index (κ3) is 5.11. The van der Waals surface area contributed by atoms with Crippen molar-refractivity contribution in [3.8, 4) is 0 Å². The fraction of sp³-hybridized carbons (Fsp3) is 0.192. The van der Waals surface area contributed by atoms with Crippen LogP contribution in [-0.4, -0.2) is 28.6 Å². The molecule has 1 amide bonds. The standard InChI is InChI=1S/C26H24ClN3O3S/c1-3-13-33-25(32)23-17(2)29-26-30(24(23)20-11-7-8-12-21(20)27)19(16-34-26)14-22(31)28-15-18-9-5-4-6-10-18/h3-12,16,24H,1,13-15H2,2H3,(H,28,31)/t24-/m0/s1. The highest BCUT2D eigenvalue weighted by molar-refractivity contribution is 8.16. The number of amidine groups is 1. The largest absolute Gasteiger partial charge is 0.458 e. The van der Waals surface area contributed by atoms with Gasteiger partial charge >= 0.3 is 5.97 Å². The van der Waals surface area contributed by atoms with Crippen molar-refractivity contribution in [3.05, 3.63) is 106 Å². The Hall–Kier alpha value is -3.29. The van der Waals surface area contributed by atoms with Crippen LogP contribution in [-0.2, 0) is 20.9 Å². The number of ether oxygens (including phenoxy) is 1. The molecule has 2 aromatic carbocycles. The Morgan fingerprint density at radius 1 is 1.21 bits per heavy atom. The maximum absolute atomic E-state index is 13.1. The lowest BCUT2D eigenvalue weighted by atomic mass is 9.93. The van der Waals surface area contributed by atoms with Crippen LogP contribution in [0.4, 0.5) is 0 Å². The van der Waals surface area contributed by atoms with Gasteiger partial charge in [0, 0.05) is 17.3 Å². The maximum atomic E-state index is 13.1. The van der Waals surface area contributed by atoms with Crippen LogP contribution in [0.5, 0.6) is 0 Å². The first-order valence-corrected chi connectivity index (χ1v) is 12.0. The minimum atomic E-state index is -0.568. The van der Waals surface area contributed by atoms with Crippen molar-refractivity contribution in [2.24, 2.45) is 4.99 Å². The summed E-state index contributed by atoms with van der Waals surface area (Å²) in [5, 5.41) is 6.06. The van der Waals surface area contributed by atoms with E-state index in [1.807, 2.05) is 58.8 Å². The molecule has 0 unspecified atom stereocenters. The van der Waals surface area contributed by atoms with E-state index in [4.69, 9.17) is 16.3 Å². The predicted octanol–water partition coefficient (Wildman–Crippen LogP) is 5.35. The number of fused-ring (bicyclic) bond motifs is 1. The van der Waals surface area contributed by atoms with Crippen molar-refractivity contribution in [1.29, 1.82) is 0 Å². The summed E-state index contributed by atoms with van der Waals surface area (Å²) in [6, 6.07) is 16.5. The van der Waals surface area contributed by atoms with Crippen molar-refractivity contribution in [2.45, 2.75) is 25.9 Å². The number of esters is 1. The molecule has 2 aliphatic heterocycles. The number of carbonyl (C=O) groups excluding carboxylic acids is 2. The van der Waals surface area contributed by atoms with Crippen molar-refractivity contribution in [2.75, 3.05) is 6.61 Å². The molecule has 2 aliphatic rings. The first-order valence-electron chi connectivity index (χ1n) is 10.8. The average Bonchev–Trinajstić information content (AvgIpc) is 3.23. The van der Waals surface area contributed by atoms with Gasteiger partial charge in [-0.05, 0) is 29.5 Å². The molecule has 4 rings (SSSR count). The van der Waals surface area contributed by atoms with Gasteiger partial charge in [0.1, 0.15) is 6.61 Å². The fourth-order valence-corrected chi connectivity index (χ4v) is 5.06. The number of thioether (sulfide) groups is 1. The fourth-order valence-electron chi connectivity index (χ4n) is 3.86. The lowest BCUT2D eigenvalue weighted by Crippen LogP contribution is -2.38. The normalized spacial score (nSPS) is 17.0. The second-order valence-corrected chi connectivity index (χ2v) is 8.98. The monoisotopic (exact) mass is 493 g/mol. The first-order chi connectivity index (χ1) is 16.5. The zero-order valence-corrected chi connectivity index (χ0v) is 20.2. The van der Waals surface area contributed by atoms with Gasteiger partial charge in [-0.1, -0.05) is 84.5 Å². The summed E-state index contributed by atoms with van der Waals surface area (Å²) in [5.41, 5.74) is 3.43. The number of allylic oxidation sites excluding steroid dienone is 1. The summed E-state index contributed by atoms with van der Waals surface area (Å²) < 4.78 is 5.39. The Morgan fingerprint density at radius 2 is 1.94 bits per heavy atom. The van der Waals surface area contributed by atoms with E-state index in [2.05, 4.69) is 16.9 Å². The second-order valence-electron chi connectivity index (χ2n) is 7.74. The quantitative estimate of drug-likeness (QED) is 0.396. The van der Waals surface area contributed by atoms with E-state index in [9.17, 15) is 9.59 Å². The highest BCUT2D eigenvalue weighted by Gasteiger charge is 2.41. The van der Waals surface area contributed by atoms with Gasteiger partial charge in [-0.3, -0.25) is 4.79 Å². The molecule has 8 heteroatoms. The van der Waals surface area contributed by atoms with Gasteiger partial charge < -0.3 is 15.0 Å². The van der Waals surface area contributed by atoms with E-state index in [1.165, 1.54) is 17.8 Å². The van der Waals surface area contributed by atoms with Crippen molar-refractivity contribution >= 4 is 40.4 Å². The van der Waals surface area contributed by atoms with Gasteiger partial charge in [-0.25, -0.2) is 9.79 Å². The molecule has 0 radical (unpaired) electrons. The van der Waals surface area contributed by atoms with E-state index in [1.54, 1.807) is 13.0 Å². The Kier molecular flexibility index (Phi) is 7.55. The van der Waals surface area contributed by atoms with E-state index >= 15 is 0 Å². The zero-order chi connectivity index (χ0) is 24.1. The molecule has 2 heterocycles. The van der Waals surface area contributed by atoms with Crippen LogP contribution in [0.1, 0.15) is 30.5 Å². The third-order valence-corrected chi connectivity index (χ3v) is 6.66. The Balaban J connectivity index is 1.62. The summed E-state index contributed by atoms with van der Waals surface area (Å²) in [4.78, 5) is 32.4. The topological polar surface area (TPSA) is 71.0 Å². The van der Waals surface area contributed by atoms with Crippen molar-refractivity contribution < 1.29 is 14.3 Å². The van der Waals surface area contributed by atoms with Gasteiger partial charge in [-0.15, -0.1) is 0 Å². The summed E-state index contributed by atoms with van der Waals surface area (Å²) in [7, 11) is 0. The molecule has 0 bridgehead atoms. The van der Waals surface area contributed by atoms with Crippen LogP contribution in [0.25, 0.3) is 0 Å². The van der Waals surface area contributed by atoms with Gasteiger partial charge in [0.15, 0.2) is 5.17 Å². The number of hydrogen-bond acceptors (Lipinski definition) is 6. The highest BCUT2D eigenvalue weighted by Crippen LogP contribution is 2.46. The van der Waals surface area contributed by atoms with Crippen LogP contribution in [0.2, 0.25) is 5.02 Å². The lowest BCUT2D eigenvalue weighted by molar-refractivity contribution is -0.138. The number of aliphatic imine (C=N–C) groups is 1. The molecule has 0 saturated carbocycles. The molecule has 6 nitrogen and oxygen atoms in total. The molecule has 1 N–H and O–H groups in total. The van der Waals surface area contributed by atoms with Crippen LogP contribution in [0.15, 0.2) is 94.6 Å². The molecular formula is C26H24ClN3O3S. The maximum Gasteiger partial charge on any atom is 0.338 e. The predicted molar refractivity (Wildman–Crippen MR) is 136 cm³/mol. The second kappa shape index (κ2) is 10.8. The number of halogens is 1. The number of nitrogens with zero attached hydrogens (tertiary/aromatic N) is 2. The molecule has 0 aromatic heterocycles. The highest BCUT2D eigenvalue weighted by atomic mass is 35.5. The van der Waals surface area contributed by atoms with Gasteiger partial charge in [0.05, 0.1) is 23.7 Å². The van der Waals surface area contributed by atoms with Gasteiger partial charge in [0.2, 0.25) is 5.91 Å². The number of amides is 1. The first kappa shape index (κ1) is 23.9. The summed E-state index contributed by atoms with van der Waals surface area (Å²) >= 11 is 8.00.